The van der Waals surface area contributed by atoms with E-state index in [2.05, 4.69) is 10.6 Å². The molecule has 1 aromatic rings. The van der Waals surface area contributed by atoms with Gasteiger partial charge in [0.2, 0.25) is 0 Å². The van der Waals surface area contributed by atoms with E-state index in [0.29, 0.717) is 22.2 Å². The fourth-order valence-corrected chi connectivity index (χ4v) is 1.90. The number of hydrogen-bond donors (Lipinski definition) is 2. The molecule has 2 amide bonds. The largest absolute Gasteiger partial charge is 0.328 e. The zero-order chi connectivity index (χ0) is 13.7. The molecular formula is C12H14Cl2N2O2. The summed E-state index contributed by atoms with van der Waals surface area (Å²) in [4.78, 5) is 22.9. The van der Waals surface area contributed by atoms with E-state index in [0.717, 1.165) is 0 Å². The first-order valence-corrected chi connectivity index (χ1v) is 6.24. The van der Waals surface area contributed by atoms with Gasteiger partial charge in [-0.3, -0.25) is 4.79 Å². The number of halogens is 2. The smallest absolute Gasteiger partial charge is 0.319 e. The van der Waals surface area contributed by atoms with Crippen LogP contribution in [0, 0.1) is 0 Å². The first-order chi connectivity index (χ1) is 8.42. The van der Waals surface area contributed by atoms with E-state index in [1.165, 1.54) is 0 Å². The second kappa shape index (κ2) is 6.61. The van der Waals surface area contributed by atoms with Crippen LogP contribution in [0.2, 0.25) is 10.0 Å². The van der Waals surface area contributed by atoms with Gasteiger partial charge in [0.1, 0.15) is 0 Å². The lowest BCUT2D eigenvalue weighted by Crippen LogP contribution is -2.40. The lowest BCUT2D eigenvalue weighted by molar-refractivity contribution is -0.120. The average molecular weight is 289 g/mol. The van der Waals surface area contributed by atoms with Gasteiger partial charge in [0, 0.05) is 22.2 Å². The molecule has 1 rings (SSSR count). The van der Waals surface area contributed by atoms with Gasteiger partial charge in [-0.05, 0) is 25.1 Å². The molecule has 1 atom stereocenters. The van der Waals surface area contributed by atoms with Gasteiger partial charge in [-0.2, -0.15) is 0 Å². The van der Waals surface area contributed by atoms with Gasteiger partial charge in [-0.1, -0.05) is 30.1 Å². The molecule has 0 saturated carbocycles. The van der Waals surface area contributed by atoms with Crippen molar-refractivity contribution >= 4 is 40.7 Å². The van der Waals surface area contributed by atoms with Crippen LogP contribution in [0.5, 0.6) is 0 Å². The third-order valence-corrected chi connectivity index (χ3v) is 2.74. The van der Waals surface area contributed by atoms with Crippen LogP contribution in [0.3, 0.4) is 0 Å². The summed E-state index contributed by atoms with van der Waals surface area (Å²) in [5, 5.41) is 5.95. The Morgan fingerprint density at radius 2 is 1.78 bits per heavy atom. The Kier molecular flexibility index (Phi) is 5.44. The quantitative estimate of drug-likeness (QED) is 0.891. The Morgan fingerprint density at radius 3 is 2.28 bits per heavy atom. The average Bonchev–Trinajstić information content (AvgIpc) is 2.25. The van der Waals surface area contributed by atoms with Crippen molar-refractivity contribution in [2.75, 3.05) is 5.32 Å². The highest BCUT2D eigenvalue weighted by Crippen LogP contribution is 2.22. The Morgan fingerprint density at radius 1 is 1.22 bits per heavy atom. The summed E-state index contributed by atoms with van der Waals surface area (Å²) in [6.07, 6.45) is 0.379. The SMILES string of the molecule is CCC(=O)C(C)NC(=O)Nc1cc(Cl)cc(Cl)c1. The van der Waals surface area contributed by atoms with Crippen molar-refractivity contribution < 1.29 is 9.59 Å². The highest BCUT2D eigenvalue weighted by Gasteiger charge is 2.13. The highest BCUT2D eigenvalue weighted by molar-refractivity contribution is 6.35. The van der Waals surface area contributed by atoms with Crippen LogP contribution in [0.25, 0.3) is 0 Å². The molecule has 1 unspecified atom stereocenters. The van der Waals surface area contributed by atoms with Crippen molar-refractivity contribution in [3.8, 4) is 0 Å². The molecule has 0 aliphatic rings. The van der Waals surface area contributed by atoms with Gasteiger partial charge >= 0.3 is 6.03 Å². The fraction of sp³-hybridized carbons (Fsp3) is 0.333. The van der Waals surface area contributed by atoms with Crippen LogP contribution in [0.1, 0.15) is 20.3 Å². The molecular weight excluding hydrogens is 275 g/mol. The molecule has 2 N–H and O–H groups in total. The maximum atomic E-state index is 11.6. The molecule has 6 heteroatoms. The standard InChI is InChI=1S/C12H14Cl2N2O2/c1-3-11(17)7(2)15-12(18)16-10-5-8(13)4-9(14)6-10/h4-7H,3H2,1-2H3,(H2,15,16,18). The summed E-state index contributed by atoms with van der Waals surface area (Å²) in [7, 11) is 0. The maximum absolute atomic E-state index is 11.6. The van der Waals surface area contributed by atoms with Crippen LogP contribution in [-0.2, 0) is 4.79 Å². The molecule has 0 saturated heterocycles. The molecule has 0 aliphatic heterocycles. The minimum absolute atomic E-state index is 0.0331. The van der Waals surface area contributed by atoms with Gasteiger partial charge < -0.3 is 10.6 Å². The zero-order valence-corrected chi connectivity index (χ0v) is 11.6. The molecule has 4 nitrogen and oxygen atoms in total. The molecule has 1 aromatic carbocycles. The molecule has 18 heavy (non-hydrogen) atoms. The van der Waals surface area contributed by atoms with Gasteiger partial charge in [0.05, 0.1) is 6.04 Å². The number of Topliss-reactive ketones (excluding diaryl/α,β-unsaturated/α-hetero) is 1. The lowest BCUT2D eigenvalue weighted by atomic mass is 10.2. The Bertz CT molecular complexity index is 443. The van der Waals surface area contributed by atoms with Crippen LogP contribution in [-0.4, -0.2) is 17.9 Å². The third-order valence-electron chi connectivity index (χ3n) is 2.30. The van der Waals surface area contributed by atoms with E-state index in [4.69, 9.17) is 23.2 Å². The van der Waals surface area contributed by atoms with Crippen molar-refractivity contribution in [1.82, 2.24) is 5.32 Å². The summed E-state index contributed by atoms with van der Waals surface area (Å²) >= 11 is 11.6. The number of benzene rings is 1. The Balaban J connectivity index is 2.62. The number of carbonyl (C=O) groups excluding carboxylic acids is 2. The number of carbonyl (C=O) groups is 2. The first-order valence-electron chi connectivity index (χ1n) is 5.48. The van der Waals surface area contributed by atoms with E-state index >= 15 is 0 Å². The minimum Gasteiger partial charge on any atom is -0.328 e. The highest BCUT2D eigenvalue weighted by atomic mass is 35.5. The maximum Gasteiger partial charge on any atom is 0.319 e. The number of hydrogen-bond acceptors (Lipinski definition) is 2. The van der Waals surface area contributed by atoms with Gasteiger partial charge in [-0.25, -0.2) is 4.79 Å². The van der Waals surface area contributed by atoms with Gasteiger partial charge in [-0.15, -0.1) is 0 Å². The summed E-state index contributed by atoms with van der Waals surface area (Å²) in [5.74, 6) is -0.0331. The predicted molar refractivity (Wildman–Crippen MR) is 73.4 cm³/mol. The molecule has 0 radical (unpaired) electrons. The van der Waals surface area contributed by atoms with Crippen molar-refractivity contribution in [2.45, 2.75) is 26.3 Å². The Hall–Kier alpha value is -1.26. The Labute approximate surface area is 116 Å². The van der Waals surface area contributed by atoms with Crippen molar-refractivity contribution in [1.29, 1.82) is 0 Å². The summed E-state index contributed by atoms with van der Waals surface area (Å²) < 4.78 is 0. The number of amides is 2. The molecule has 0 fully saturated rings. The molecule has 98 valence electrons. The van der Waals surface area contributed by atoms with E-state index in [-0.39, 0.29) is 5.78 Å². The van der Waals surface area contributed by atoms with Crippen LogP contribution in [0.4, 0.5) is 10.5 Å². The summed E-state index contributed by atoms with van der Waals surface area (Å²) in [5.41, 5.74) is 0.473. The second-order valence-electron chi connectivity index (χ2n) is 3.80. The summed E-state index contributed by atoms with van der Waals surface area (Å²) in [6.45, 7) is 3.38. The molecule has 0 bridgehead atoms. The molecule has 0 spiro atoms. The number of nitrogens with one attached hydrogen (secondary N) is 2. The molecule has 0 aliphatic carbocycles. The van der Waals surface area contributed by atoms with Crippen LogP contribution in [0.15, 0.2) is 18.2 Å². The van der Waals surface area contributed by atoms with Crippen LogP contribution >= 0.6 is 23.2 Å². The number of urea groups is 1. The monoisotopic (exact) mass is 288 g/mol. The fourth-order valence-electron chi connectivity index (χ4n) is 1.38. The van der Waals surface area contributed by atoms with E-state index < -0.39 is 12.1 Å². The number of rotatable bonds is 4. The zero-order valence-electron chi connectivity index (χ0n) is 10.1. The van der Waals surface area contributed by atoms with Gasteiger partial charge in [0.25, 0.3) is 0 Å². The lowest BCUT2D eigenvalue weighted by Gasteiger charge is -2.13. The van der Waals surface area contributed by atoms with Gasteiger partial charge in [0.15, 0.2) is 5.78 Å². The predicted octanol–water partition coefficient (Wildman–Crippen LogP) is 3.48. The summed E-state index contributed by atoms with van der Waals surface area (Å²) in [6, 6.07) is 3.71. The van der Waals surface area contributed by atoms with E-state index in [9.17, 15) is 9.59 Å². The minimum atomic E-state index is -0.523. The molecule has 0 heterocycles. The molecule has 0 aromatic heterocycles. The number of anilines is 1. The topological polar surface area (TPSA) is 58.2 Å². The first kappa shape index (κ1) is 14.8. The van der Waals surface area contributed by atoms with Crippen molar-refractivity contribution in [2.24, 2.45) is 0 Å². The van der Waals surface area contributed by atoms with Crippen molar-refractivity contribution in [3.63, 3.8) is 0 Å². The third kappa shape index (κ3) is 4.55. The van der Waals surface area contributed by atoms with Crippen molar-refractivity contribution in [3.05, 3.63) is 28.2 Å². The van der Waals surface area contributed by atoms with Crippen LogP contribution < -0.4 is 10.6 Å². The van der Waals surface area contributed by atoms with E-state index in [1.807, 2.05) is 0 Å². The second-order valence-corrected chi connectivity index (χ2v) is 4.67. The normalized spacial score (nSPS) is 11.8. The van der Waals surface area contributed by atoms with E-state index in [1.54, 1.807) is 32.0 Å². The number of ketones is 1.